The Balaban J connectivity index is 2.97. The van der Waals surface area contributed by atoms with Crippen LogP contribution < -0.4 is 11.2 Å². The summed E-state index contributed by atoms with van der Waals surface area (Å²) in [6.45, 7) is 1.97. The van der Waals surface area contributed by atoms with Crippen LogP contribution in [0, 0.1) is 6.92 Å². The van der Waals surface area contributed by atoms with Gasteiger partial charge in [0.05, 0.1) is 12.2 Å². The second-order valence-corrected chi connectivity index (χ2v) is 3.11. The Kier molecular flexibility index (Phi) is 2.05. The number of hydrogen-bond donors (Lipinski definition) is 1. The minimum atomic E-state index is -0.0229. The van der Waals surface area contributed by atoms with Crippen molar-refractivity contribution in [2.45, 2.75) is 13.6 Å². The molecular formula is C10H11N3O. The number of nitrogens with zero attached hydrogens (tertiary/aromatic N) is 2. The van der Waals surface area contributed by atoms with Crippen LogP contribution in [0.25, 0.3) is 10.9 Å². The van der Waals surface area contributed by atoms with Crippen molar-refractivity contribution in [3.05, 3.63) is 40.2 Å². The number of benzene rings is 1. The number of fused-ring (bicyclic) bond motifs is 1. The van der Waals surface area contributed by atoms with Gasteiger partial charge < -0.3 is 5.73 Å². The second-order valence-electron chi connectivity index (χ2n) is 3.11. The molecule has 0 radical (unpaired) electrons. The van der Waals surface area contributed by atoms with E-state index in [1.807, 2.05) is 18.2 Å². The summed E-state index contributed by atoms with van der Waals surface area (Å²) in [6, 6.07) is 7.34. The molecule has 0 fully saturated rings. The average Bonchev–Trinajstić information content (AvgIpc) is 2.23. The molecule has 0 spiro atoms. The third-order valence-corrected chi connectivity index (χ3v) is 2.20. The maximum absolute atomic E-state index is 11.7. The number of nitrogens with two attached hydrogens (primary N) is 1. The fourth-order valence-electron chi connectivity index (χ4n) is 1.51. The first-order valence-corrected chi connectivity index (χ1v) is 4.40. The summed E-state index contributed by atoms with van der Waals surface area (Å²) in [5.74, 6) is 0. The summed E-state index contributed by atoms with van der Waals surface area (Å²) in [7, 11) is 0. The minimum absolute atomic E-state index is 0.0229. The molecule has 2 aromatic rings. The van der Waals surface area contributed by atoms with Gasteiger partial charge in [0.15, 0.2) is 0 Å². The lowest BCUT2D eigenvalue weighted by Crippen LogP contribution is -2.19. The Morgan fingerprint density at radius 1 is 1.43 bits per heavy atom. The van der Waals surface area contributed by atoms with E-state index in [-0.39, 0.29) is 12.1 Å². The topological polar surface area (TPSA) is 60.9 Å². The average molecular weight is 189 g/mol. The summed E-state index contributed by atoms with van der Waals surface area (Å²) >= 11 is 0. The molecule has 0 aliphatic rings. The first-order valence-electron chi connectivity index (χ1n) is 4.40. The van der Waals surface area contributed by atoms with Crippen LogP contribution in [0.3, 0.4) is 0 Å². The fourth-order valence-corrected chi connectivity index (χ4v) is 1.51. The zero-order valence-corrected chi connectivity index (χ0v) is 7.90. The van der Waals surface area contributed by atoms with Gasteiger partial charge in [0.2, 0.25) is 5.43 Å². The molecule has 0 saturated heterocycles. The van der Waals surface area contributed by atoms with Gasteiger partial charge in [0, 0.05) is 5.39 Å². The van der Waals surface area contributed by atoms with Gasteiger partial charge >= 0.3 is 0 Å². The Morgan fingerprint density at radius 2 is 2.14 bits per heavy atom. The van der Waals surface area contributed by atoms with E-state index in [1.165, 1.54) is 0 Å². The molecular weight excluding hydrogens is 178 g/mol. The van der Waals surface area contributed by atoms with Gasteiger partial charge in [-0.1, -0.05) is 12.1 Å². The van der Waals surface area contributed by atoms with Crippen molar-refractivity contribution >= 4 is 10.9 Å². The van der Waals surface area contributed by atoms with Gasteiger partial charge in [-0.3, -0.25) is 9.48 Å². The highest BCUT2D eigenvalue weighted by molar-refractivity contribution is 5.78. The Labute approximate surface area is 81.0 Å². The summed E-state index contributed by atoms with van der Waals surface area (Å²) in [5, 5.41) is 4.77. The van der Waals surface area contributed by atoms with E-state index in [9.17, 15) is 4.79 Å². The van der Waals surface area contributed by atoms with E-state index in [0.29, 0.717) is 11.1 Å². The smallest absolute Gasteiger partial charge is 0.210 e. The van der Waals surface area contributed by atoms with E-state index in [4.69, 9.17) is 5.73 Å². The lowest BCUT2D eigenvalue weighted by Gasteiger charge is -2.07. The predicted octanol–water partition coefficient (Wildman–Crippen LogP) is 0.621. The molecule has 14 heavy (non-hydrogen) atoms. The fraction of sp³-hybridized carbons (Fsp3) is 0.200. The minimum Gasteiger partial charge on any atom is -0.312 e. The normalized spacial score (nSPS) is 10.7. The van der Waals surface area contributed by atoms with Gasteiger partial charge in [0.25, 0.3) is 0 Å². The molecule has 2 rings (SSSR count). The molecule has 4 nitrogen and oxygen atoms in total. The van der Waals surface area contributed by atoms with Gasteiger partial charge in [-0.15, -0.1) is 0 Å². The highest BCUT2D eigenvalue weighted by Crippen LogP contribution is 2.07. The summed E-state index contributed by atoms with van der Waals surface area (Å²) in [6.07, 6.45) is 0. The second kappa shape index (κ2) is 3.23. The molecule has 1 aromatic carbocycles. The molecule has 72 valence electrons. The van der Waals surface area contributed by atoms with Crippen LogP contribution in [0.4, 0.5) is 0 Å². The van der Waals surface area contributed by atoms with Crippen molar-refractivity contribution in [1.82, 2.24) is 9.78 Å². The number of rotatable bonds is 1. The third-order valence-electron chi connectivity index (χ3n) is 2.20. The van der Waals surface area contributed by atoms with Crippen LogP contribution in [0.15, 0.2) is 29.1 Å². The molecule has 0 aliphatic heterocycles. The monoisotopic (exact) mass is 189 g/mol. The van der Waals surface area contributed by atoms with Crippen molar-refractivity contribution in [3.8, 4) is 0 Å². The molecule has 0 atom stereocenters. The Hall–Kier alpha value is -1.68. The summed E-state index contributed by atoms with van der Waals surface area (Å²) in [5.41, 5.74) is 6.77. The van der Waals surface area contributed by atoms with Crippen LogP contribution in [0.1, 0.15) is 5.69 Å². The van der Waals surface area contributed by atoms with Gasteiger partial charge in [-0.05, 0) is 19.1 Å². The predicted molar refractivity (Wildman–Crippen MR) is 54.9 cm³/mol. The molecule has 0 unspecified atom stereocenters. The van der Waals surface area contributed by atoms with E-state index in [2.05, 4.69) is 5.10 Å². The van der Waals surface area contributed by atoms with Crippen molar-refractivity contribution < 1.29 is 0 Å². The summed E-state index contributed by atoms with van der Waals surface area (Å²) in [4.78, 5) is 11.7. The van der Waals surface area contributed by atoms with Crippen molar-refractivity contribution in [1.29, 1.82) is 0 Å². The largest absolute Gasteiger partial charge is 0.312 e. The lowest BCUT2D eigenvalue weighted by molar-refractivity contribution is 0.637. The first kappa shape index (κ1) is 8.90. The standard InChI is InChI=1S/C10H11N3O/c1-7-10(14)8-4-2-3-5-9(8)13(6-11)12-7/h2-5H,6,11H2,1H3. The molecule has 0 saturated carbocycles. The molecule has 1 heterocycles. The highest BCUT2D eigenvalue weighted by atomic mass is 16.1. The van der Waals surface area contributed by atoms with E-state index in [1.54, 1.807) is 17.7 Å². The molecule has 2 N–H and O–H groups in total. The zero-order chi connectivity index (χ0) is 10.1. The van der Waals surface area contributed by atoms with Crippen LogP contribution in [-0.2, 0) is 6.67 Å². The Bertz CT molecular complexity index is 530. The number of aryl methyl sites for hydroxylation is 1. The van der Waals surface area contributed by atoms with E-state index in [0.717, 1.165) is 5.52 Å². The van der Waals surface area contributed by atoms with Crippen LogP contribution >= 0.6 is 0 Å². The van der Waals surface area contributed by atoms with Crippen molar-refractivity contribution in [2.24, 2.45) is 5.73 Å². The maximum atomic E-state index is 11.7. The quantitative estimate of drug-likeness (QED) is 0.715. The number of para-hydroxylation sites is 1. The van der Waals surface area contributed by atoms with Crippen LogP contribution in [-0.4, -0.2) is 9.78 Å². The van der Waals surface area contributed by atoms with Gasteiger partial charge in [-0.2, -0.15) is 5.10 Å². The van der Waals surface area contributed by atoms with Gasteiger partial charge in [-0.25, -0.2) is 0 Å². The van der Waals surface area contributed by atoms with Gasteiger partial charge in [0.1, 0.15) is 5.69 Å². The SMILES string of the molecule is Cc1nn(CN)c2ccccc2c1=O. The number of hydrogen-bond acceptors (Lipinski definition) is 3. The zero-order valence-electron chi connectivity index (χ0n) is 7.90. The van der Waals surface area contributed by atoms with Crippen LogP contribution in [0.2, 0.25) is 0 Å². The summed E-state index contributed by atoms with van der Waals surface area (Å²) < 4.78 is 1.63. The molecule has 0 amide bonds. The lowest BCUT2D eigenvalue weighted by atomic mass is 10.2. The molecule has 4 heteroatoms. The van der Waals surface area contributed by atoms with E-state index < -0.39 is 0 Å². The number of aromatic nitrogens is 2. The third kappa shape index (κ3) is 1.20. The molecule has 1 aromatic heterocycles. The van der Waals surface area contributed by atoms with E-state index >= 15 is 0 Å². The molecule has 0 bridgehead atoms. The van der Waals surface area contributed by atoms with Crippen LogP contribution in [0.5, 0.6) is 0 Å². The first-order chi connectivity index (χ1) is 6.74. The Morgan fingerprint density at radius 3 is 2.86 bits per heavy atom. The van der Waals surface area contributed by atoms with Crippen molar-refractivity contribution in [2.75, 3.05) is 0 Å². The molecule has 0 aliphatic carbocycles. The highest BCUT2D eigenvalue weighted by Gasteiger charge is 2.04. The maximum Gasteiger partial charge on any atom is 0.210 e. The van der Waals surface area contributed by atoms with Crippen molar-refractivity contribution in [3.63, 3.8) is 0 Å².